The molecule has 0 radical (unpaired) electrons. The van der Waals surface area contributed by atoms with Crippen LogP contribution in [-0.2, 0) is 4.74 Å². The highest BCUT2D eigenvalue weighted by molar-refractivity contribution is 6.02. The van der Waals surface area contributed by atoms with E-state index in [1.807, 2.05) is 0 Å². The summed E-state index contributed by atoms with van der Waals surface area (Å²) in [5.74, 6) is -0.735. The van der Waals surface area contributed by atoms with Crippen LogP contribution in [0.5, 0.6) is 0 Å². The number of rotatable bonds is 16. The van der Waals surface area contributed by atoms with Crippen molar-refractivity contribution in [1.82, 2.24) is 0 Å². The third kappa shape index (κ3) is 8.89. The molecule has 0 spiro atoms. The fourth-order valence-corrected chi connectivity index (χ4v) is 4.24. The van der Waals surface area contributed by atoms with Crippen LogP contribution in [0.2, 0.25) is 0 Å². The molecule has 4 heteroatoms. The number of esters is 1. The predicted molar refractivity (Wildman–Crippen MR) is 123 cm³/mol. The third-order valence-corrected chi connectivity index (χ3v) is 6.11. The summed E-state index contributed by atoms with van der Waals surface area (Å²) in [5, 5.41) is 9.45. The molecule has 0 saturated carbocycles. The van der Waals surface area contributed by atoms with Gasteiger partial charge >= 0.3 is 11.9 Å². The average Bonchev–Trinajstić information content (AvgIpc) is 2.75. The molecule has 0 fully saturated rings. The van der Waals surface area contributed by atoms with Gasteiger partial charge in [-0.05, 0) is 43.2 Å². The van der Waals surface area contributed by atoms with Gasteiger partial charge < -0.3 is 9.84 Å². The number of ether oxygens (including phenoxy) is 1. The molecule has 0 aliphatic heterocycles. The van der Waals surface area contributed by atoms with Crippen molar-refractivity contribution >= 4 is 11.9 Å². The van der Waals surface area contributed by atoms with E-state index in [9.17, 15) is 14.7 Å². The van der Waals surface area contributed by atoms with E-state index in [1.54, 1.807) is 18.2 Å². The molecule has 3 unspecified atom stereocenters. The van der Waals surface area contributed by atoms with Crippen LogP contribution >= 0.6 is 0 Å². The van der Waals surface area contributed by atoms with Gasteiger partial charge in [-0.2, -0.15) is 0 Å². The van der Waals surface area contributed by atoms with Gasteiger partial charge in [0.05, 0.1) is 11.1 Å². The minimum Gasteiger partial charge on any atom is -0.478 e. The van der Waals surface area contributed by atoms with Gasteiger partial charge in [0, 0.05) is 0 Å². The topological polar surface area (TPSA) is 63.6 Å². The van der Waals surface area contributed by atoms with Crippen LogP contribution in [0.3, 0.4) is 0 Å². The van der Waals surface area contributed by atoms with E-state index in [-0.39, 0.29) is 17.2 Å². The summed E-state index contributed by atoms with van der Waals surface area (Å²) in [7, 11) is 0. The van der Waals surface area contributed by atoms with Crippen LogP contribution in [0.4, 0.5) is 0 Å². The SMILES string of the molecule is CCCCCC(CC)CC(OC(=O)c1ccccc1C(=O)O)C(CCC)CCCC. The first-order valence-electron chi connectivity index (χ1n) is 12.0. The van der Waals surface area contributed by atoms with Crippen molar-refractivity contribution in [1.29, 1.82) is 0 Å². The number of carbonyl (C=O) groups excluding carboxylic acids is 1. The number of carboxylic acid groups (broad SMARTS) is 1. The molecular formula is C26H42O4. The Bertz CT molecular complexity index is 625. The van der Waals surface area contributed by atoms with Gasteiger partial charge in [0.1, 0.15) is 6.10 Å². The van der Waals surface area contributed by atoms with Gasteiger partial charge in [-0.25, -0.2) is 9.59 Å². The minimum atomic E-state index is -1.10. The second-order valence-corrected chi connectivity index (χ2v) is 8.49. The van der Waals surface area contributed by atoms with Crippen molar-refractivity contribution in [2.24, 2.45) is 11.8 Å². The fourth-order valence-electron chi connectivity index (χ4n) is 4.24. The molecule has 0 heterocycles. The van der Waals surface area contributed by atoms with Crippen LogP contribution in [-0.4, -0.2) is 23.1 Å². The van der Waals surface area contributed by atoms with Gasteiger partial charge in [0.25, 0.3) is 0 Å². The summed E-state index contributed by atoms with van der Waals surface area (Å²) >= 11 is 0. The molecule has 1 rings (SSSR count). The van der Waals surface area contributed by atoms with Crippen LogP contribution in [0, 0.1) is 11.8 Å². The van der Waals surface area contributed by atoms with Crippen LogP contribution in [0.25, 0.3) is 0 Å². The molecule has 0 aromatic heterocycles. The first kappa shape index (κ1) is 26.2. The molecule has 4 nitrogen and oxygen atoms in total. The zero-order chi connectivity index (χ0) is 22.4. The first-order valence-corrected chi connectivity index (χ1v) is 12.0. The monoisotopic (exact) mass is 418 g/mol. The number of carboxylic acids is 1. The highest BCUT2D eigenvalue weighted by Gasteiger charge is 2.29. The zero-order valence-corrected chi connectivity index (χ0v) is 19.5. The van der Waals surface area contributed by atoms with Crippen LogP contribution < -0.4 is 0 Å². The lowest BCUT2D eigenvalue weighted by Gasteiger charge is -2.30. The summed E-state index contributed by atoms with van der Waals surface area (Å²) in [6.07, 6.45) is 12.0. The lowest BCUT2D eigenvalue weighted by atomic mass is 9.83. The Morgan fingerprint density at radius 2 is 1.53 bits per heavy atom. The van der Waals surface area contributed by atoms with Crippen molar-refractivity contribution < 1.29 is 19.4 Å². The minimum absolute atomic E-state index is 0.0110. The summed E-state index contributed by atoms with van der Waals surface area (Å²) in [6, 6.07) is 6.36. The number of unbranched alkanes of at least 4 members (excludes halogenated alkanes) is 3. The molecular weight excluding hydrogens is 376 g/mol. The third-order valence-electron chi connectivity index (χ3n) is 6.11. The van der Waals surface area contributed by atoms with Crippen LogP contribution in [0.1, 0.15) is 119 Å². The molecule has 30 heavy (non-hydrogen) atoms. The van der Waals surface area contributed by atoms with Crippen molar-refractivity contribution in [3.05, 3.63) is 35.4 Å². The Kier molecular flexibility index (Phi) is 13.1. The molecule has 0 saturated heterocycles. The number of hydrogen-bond acceptors (Lipinski definition) is 3. The summed E-state index contributed by atoms with van der Waals surface area (Å²) in [4.78, 5) is 24.6. The van der Waals surface area contributed by atoms with Gasteiger partial charge in [-0.1, -0.05) is 91.2 Å². The molecule has 170 valence electrons. The van der Waals surface area contributed by atoms with Gasteiger partial charge in [0.2, 0.25) is 0 Å². The van der Waals surface area contributed by atoms with Crippen molar-refractivity contribution in [2.45, 2.75) is 104 Å². The van der Waals surface area contributed by atoms with E-state index in [0.717, 1.165) is 51.4 Å². The van der Waals surface area contributed by atoms with E-state index in [2.05, 4.69) is 27.7 Å². The molecule has 0 aliphatic carbocycles. The summed E-state index contributed by atoms with van der Waals surface area (Å²) in [6.45, 7) is 8.80. The fraction of sp³-hybridized carbons (Fsp3) is 0.692. The van der Waals surface area contributed by atoms with Crippen molar-refractivity contribution in [3.8, 4) is 0 Å². The highest BCUT2D eigenvalue weighted by atomic mass is 16.5. The summed E-state index contributed by atoms with van der Waals surface area (Å²) < 4.78 is 6.08. The molecule has 0 bridgehead atoms. The van der Waals surface area contributed by atoms with E-state index in [1.165, 1.54) is 25.3 Å². The van der Waals surface area contributed by atoms with E-state index in [0.29, 0.717) is 11.8 Å². The molecule has 1 N–H and O–H groups in total. The lowest BCUT2D eigenvalue weighted by molar-refractivity contribution is 0.000934. The highest BCUT2D eigenvalue weighted by Crippen LogP contribution is 2.30. The maximum atomic E-state index is 13.0. The predicted octanol–water partition coefficient (Wildman–Crippen LogP) is 7.51. The van der Waals surface area contributed by atoms with E-state index >= 15 is 0 Å². The number of carbonyl (C=O) groups is 2. The second-order valence-electron chi connectivity index (χ2n) is 8.49. The maximum absolute atomic E-state index is 13.0. The largest absolute Gasteiger partial charge is 0.478 e. The van der Waals surface area contributed by atoms with E-state index in [4.69, 9.17) is 4.74 Å². The standard InChI is InChI=1S/C26H42O4/c1-5-9-11-15-20(8-4)19-24(21(14-7-3)16-10-6-2)30-26(29)23-18-13-12-17-22(23)25(27)28/h12-13,17-18,20-21,24H,5-11,14-16,19H2,1-4H3,(H,27,28). The summed E-state index contributed by atoms with van der Waals surface area (Å²) in [5.41, 5.74) is 0.164. The lowest BCUT2D eigenvalue weighted by Crippen LogP contribution is -2.30. The second kappa shape index (κ2) is 15.0. The number of hydrogen-bond donors (Lipinski definition) is 1. The number of benzene rings is 1. The van der Waals surface area contributed by atoms with Crippen LogP contribution in [0.15, 0.2) is 24.3 Å². The maximum Gasteiger partial charge on any atom is 0.339 e. The Balaban J connectivity index is 3.05. The first-order chi connectivity index (χ1) is 14.5. The molecule has 1 aromatic rings. The van der Waals surface area contributed by atoms with Crippen molar-refractivity contribution in [2.75, 3.05) is 0 Å². The molecule has 0 amide bonds. The molecule has 3 atom stereocenters. The van der Waals surface area contributed by atoms with Gasteiger partial charge in [0.15, 0.2) is 0 Å². The van der Waals surface area contributed by atoms with Crippen molar-refractivity contribution in [3.63, 3.8) is 0 Å². The Morgan fingerprint density at radius 1 is 0.867 bits per heavy atom. The van der Waals surface area contributed by atoms with E-state index < -0.39 is 11.9 Å². The average molecular weight is 419 g/mol. The zero-order valence-electron chi connectivity index (χ0n) is 19.5. The Labute approximate surface area is 183 Å². The quantitative estimate of drug-likeness (QED) is 0.223. The smallest absolute Gasteiger partial charge is 0.339 e. The molecule has 1 aromatic carbocycles. The normalized spacial score (nSPS) is 14.1. The Hall–Kier alpha value is -1.84. The molecule has 0 aliphatic rings. The number of aromatic carboxylic acids is 1. The Morgan fingerprint density at radius 3 is 2.10 bits per heavy atom. The van der Waals surface area contributed by atoms with Gasteiger partial charge in [-0.3, -0.25) is 0 Å². The van der Waals surface area contributed by atoms with Gasteiger partial charge in [-0.15, -0.1) is 0 Å².